The first-order valence-electron chi connectivity index (χ1n) is 7.63. The van der Waals surface area contributed by atoms with Crippen molar-refractivity contribution in [1.29, 1.82) is 0 Å². The largest absolute Gasteiger partial charge is 0.298 e. The number of allylic oxidation sites excluding steroid dienone is 1. The van der Waals surface area contributed by atoms with Gasteiger partial charge in [-0.15, -0.1) is 16.8 Å². The number of pyridine rings is 1. The van der Waals surface area contributed by atoms with Gasteiger partial charge in [0.1, 0.15) is 11.0 Å². The van der Waals surface area contributed by atoms with Crippen LogP contribution in [0.1, 0.15) is 5.56 Å². The number of hydrogen-bond donors (Lipinski definition) is 0. The van der Waals surface area contributed by atoms with Crippen LogP contribution in [0.25, 0.3) is 22.4 Å². The van der Waals surface area contributed by atoms with Crippen LogP contribution < -0.4 is 0 Å². The monoisotopic (exact) mass is 350 g/mol. The SMILES string of the molecule is C=CCn1c(SCc2ccc3nonc3c2)nnc1-c1cccnc1. The van der Waals surface area contributed by atoms with Gasteiger partial charge in [-0.05, 0) is 40.1 Å². The average Bonchev–Trinajstić information content (AvgIpc) is 3.27. The van der Waals surface area contributed by atoms with Crippen molar-refractivity contribution in [2.75, 3.05) is 0 Å². The molecule has 0 aliphatic carbocycles. The van der Waals surface area contributed by atoms with Crippen molar-refractivity contribution in [3.05, 3.63) is 60.9 Å². The molecule has 0 bridgehead atoms. The zero-order chi connectivity index (χ0) is 17.1. The molecule has 0 unspecified atom stereocenters. The van der Waals surface area contributed by atoms with Crippen molar-refractivity contribution >= 4 is 22.8 Å². The predicted octanol–water partition coefficient (Wildman–Crippen LogP) is 3.35. The Morgan fingerprint density at radius 2 is 2.08 bits per heavy atom. The summed E-state index contributed by atoms with van der Waals surface area (Å²) in [6.45, 7) is 4.46. The van der Waals surface area contributed by atoms with Gasteiger partial charge >= 0.3 is 0 Å². The van der Waals surface area contributed by atoms with Gasteiger partial charge in [0.25, 0.3) is 0 Å². The van der Waals surface area contributed by atoms with E-state index in [-0.39, 0.29) is 0 Å². The zero-order valence-electron chi connectivity index (χ0n) is 13.2. The topological polar surface area (TPSA) is 82.5 Å². The lowest BCUT2D eigenvalue weighted by molar-refractivity contribution is 0.315. The van der Waals surface area contributed by atoms with Crippen LogP contribution in [0, 0.1) is 0 Å². The highest BCUT2D eigenvalue weighted by atomic mass is 32.2. The number of hydrogen-bond acceptors (Lipinski definition) is 7. The number of thioether (sulfide) groups is 1. The minimum absolute atomic E-state index is 0.631. The van der Waals surface area contributed by atoms with E-state index in [2.05, 4.69) is 32.1 Å². The summed E-state index contributed by atoms with van der Waals surface area (Å²) in [5, 5.41) is 17.2. The Labute approximate surface area is 147 Å². The Morgan fingerprint density at radius 1 is 1.16 bits per heavy atom. The maximum absolute atomic E-state index is 4.74. The van der Waals surface area contributed by atoms with Crippen LogP contribution in [0.4, 0.5) is 0 Å². The third-order valence-electron chi connectivity index (χ3n) is 3.63. The average molecular weight is 350 g/mol. The highest BCUT2D eigenvalue weighted by Gasteiger charge is 2.14. The number of aromatic nitrogens is 6. The van der Waals surface area contributed by atoms with Crippen LogP contribution >= 0.6 is 11.8 Å². The molecular formula is C17H14N6OS. The molecule has 4 aromatic rings. The van der Waals surface area contributed by atoms with E-state index in [4.69, 9.17) is 4.63 Å². The number of rotatable bonds is 6. The molecule has 0 atom stereocenters. The fourth-order valence-corrected chi connectivity index (χ4v) is 3.35. The van der Waals surface area contributed by atoms with Crippen molar-refractivity contribution in [3.63, 3.8) is 0 Å². The molecule has 0 aliphatic heterocycles. The van der Waals surface area contributed by atoms with Crippen LogP contribution in [-0.2, 0) is 12.3 Å². The van der Waals surface area contributed by atoms with E-state index in [1.54, 1.807) is 24.2 Å². The predicted molar refractivity (Wildman–Crippen MR) is 94.8 cm³/mol. The van der Waals surface area contributed by atoms with Crippen LogP contribution in [0.3, 0.4) is 0 Å². The van der Waals surface area contributed by atoms with Crippen LogP contribution in [0.5, 0.6) is 0 Å². The lowest BCUT2D eigenvalue weighted by Gasteiger charge is -2.07. The molecule has 0 fully saturated rings. The summed E-state index contributed by atoms with van der Waals surface area (Å²) in [7, 11) is 0. The molecule has 124 valence electrons. The Morgan fingerprint density at radius 3 is 2.92 bits per heavy atom. The van der Waals surface area contributed by atoms with E-state index >= 15 is 0 Å². The molecule has 3 aromatic heterocycles. The summed E-state index contributed by atoms with van der Waals surface area (Å²) in [5.41, 5.74) is 3.55. The van der Waals surface area contributed by atoms with Gasteiger partial charge in [0.2, 0.25) is 0 Å². The first-order valence-corrected chi connectivity index (χ1v) is 8.62. The molecule has 7 nitrogen and oxygen atoms in total. The van der Waals surface area contributed by atoms with E-state index in [9.17, 15) is 0 Å². The van der Waals surface area contributed by atoms with Crippen LogP contribution in [0.15, 0.2) is 65.2 Å². The molecule has 0 radical (unpaired) electrons. The smallest absolute Gasteiger partial charge is 0.192 e. The zero-order valence-corrected chi connectivity index (χ0v) is 14.1. The van der Waals surface area contributed by atoms with Gasteiger partial charge in [-0.3, -0.25) is 9.55 Å². The van der Waals surface area contributed by atoms with Gasteiger partial charge in [0.15, 0.2) is 11.0 Å². The summed E-state index contributed by atoms with van der Waals surface area (Å²) in [6.07, 6.45) is 5.35. The Kier molecular flexibility index (Phi) is 4.26. The Hall–Kier alpha value is -3.00. The number of benzene rings is 1. The second-order valence-corrected chi connectivity index (χ2v) is 6.27. The minimum Gasteiger partial charge on any atom is -0.298 e. The summed E-state index contributed by atoms with van der Waals surface area (Å²) in [5.74, 6) is 1.53. The standard InChI is InChI=1S/C17H14N6OS/c1-2-8-23-16(13-4-3-7-18-10-13)19-20-17(23)25-11-12-5-6-14-15(9-12)22-24-21-14/h2-7,9-10H,1,8,11H2. The van der Waals surface area contributed by atoms with Gasteiger partial charge in [-0.25, -0.2) is 4.63 Å². The summed E-state index contributed by atoms with van der Waals surface area (Å²) in [6, 6.07) is 9.73. The maximum atomic E-state index is 4.74. The van der Waals surface area contributed by atoms with Gasteiger partial charge in [0.05, 0.1) is 0 Å². The third-order valence-corrected chi connectivity index (χ3v) is 4.67. The van der Waals surface area contributed by atoms with Crippen molar-refractivity contribution < 1.29 is 4.63 Å². The van der Waals surface area contributed by atoms with Crippen molar-refractivity contribution in [2.24, 2.45) is 0 Å². The minimum atomic E-state index is 0.631. The summed E-state index contributed by atoms with van der Waals surface area (Å²) >= 11 is 1.61. The molecule has 0 aliphatic rings. The maximum Gasteiger partial charge on any atom is 0.192 e. The third kappa shape index (κ3) is 3.16. The van der Waals surface area contributed by atoms with E-state index in [0.29, 0.717) is 6.54 Å². The molecule has 0 amide bonds. The van der Waals surface area contributed by atoms with Gasteiger partial charge in [-0.2, -0.15) is 0 Å². The normalized spacial score (nSPS) is 11.0. The Bertz CT molecular complexity index is 1010. The lowest BCUT2D eigenvalue weighted by Crippen LogP contribution is -2.00. The first kappa shape index (κ1) is 15.5. The number of fused-ring (bicyclic) bond motifs is 1. The fraction of sp³-hybridized carbons (Fsp3) is 0.118. The van der Waals surface area contributed by atoms with E-state index in [1.165, 1.54) is 0 Å². The molecule has 4 rings (SSSR count). The highest BCUT2D eigenvalue weighted by molar-refractivity contribution is 7.98. The molecule has 3 heterocycles. The van der Waals surface area contributed by atoms with Gasteiger partial charge in [0, 0.05) is 30.3 Å². The fourth-order valence-electron chi connectivity index (χ4n) is 2.46. The Balaban J connectivity index is 1.59. The van der Waals surface area contributed by atoms with Gasteiger partial charge in [-0.1, -0.05) is 23.9 Å². The highest BCUT2D eigenvalue weighted by Crippen LogP contribution is 2.26. The molecular weight excluding hydrogens is 336 g/mol. The van der Waals surface area contributed by atoms with E-state index < -0.39 is 0 Å². The molecule has 0 saturated heterocycles. The second kappa shape index (κ2) is 6.86. The van der Waals surface area contributed by atoms with Crippen molar-refractivity contribution in [3.8, 4) is 11.4 Å². The van der Waals surface area contributed by atoms with Gasteiger partial charge < -0.3 is 0 Å². The van der Waals surface area contributed by atoms with E-state index in [0.717, 1.165) is 38.9 Å². The van der Waals surface area contributed by atoms with Crippen LogP contribution in [-0.4, -0.2) is 30.1 Å². The molecule has 0 spiro atoms. The molecule has 8 heteroatoms. The molecule has 1 aromatic carbocycles. The molecule has 0 saturated carbocycles. The summed E-state index contributed by atoms with van der Waals surface area (Å²) in [4.78, 5) is 4.15. The van der Waals surface area contributed by atoms with E-state index in [1.807, 2.05) is 41.0 Å². The first-order chi connectivity index (χ1) is 12.3. The molecule has 25 heavy (non-hydrogen) atoms. The molecule has 0 N–H and O–H groups in total. The second-order valence-electron chi connectivity index (χ2n) is 5.32. The van der Waals surface area contributed by atoms with Crippen molar-refractivity contribution in [2.45, 2.75) is 17.5 Å². The lowest BCUT2D eigenvalue weighted by atomic mass is 10.2. The number of nitrogens with zero attached hydrogens (tertiary/aromatic N) is 6. The quantitative estimate of drug-likeness (QED) is 0.389. The van der Waals surface area contributed by atoms with Crippen LogP contribution in [0.2, 0.25) is 0 Å². The summed E-state index contributed by atoms with van der Waals surface area (Å²) < 4.78 is 6.77. The van der Waals surface area contributed by atoms with Crippen molar-refractivity contribution in [1.82, 2.24) is 30.1 Å².